The number of benzene rings is 1. The number of primary amides is 2. The molecule has 0 atom stereocenters. The fraction of sp³-hybridized carbons (Fsp3) is 0. The zero-order valence-electron chi connectivity index (χ0n) is 11.1. The third kappa shape index (κ3) is 3.74. The van der Waals surface area contributed by atoms with E-state index in [-0.39, 0.29) is 16.5 Å². The van der Waals surface area contributed by atoms with Gasteiger partial charge in [-0.05, 0) is 30.3 Å². The minimum atomic E-state index is -0.833. The van der Waals surface area contributed by atoms with Gasteiger partial charge in [-0.15, -0.1) is 0 Å². The number of urea groups is 1. The van der Waals surface area contributed by atoms with Crippen LogP contribution >= 0.6 is 22.9 Å². The van der Waals surface area contributed by atoms with Gasteiger partial charge in [0.15, 0.2) is 0 Å². The Morgan fingerprint density at radius 1 is 1.05 bits per heavy atom. The molecule has 9 heteroatoms. The Bertz CT molecular complexity index is 742. The monoisotopic (exact) mass is 338 g/mol. The molecular weight excluding hydrogens is 328 g/mol. The molecule has 6 N–H and O–H groups in total. The first-order valence-corrected chi connectivity index (χ1v) is 7.13. The summed E-state index contributed by atoms with van der Waals surface area (Å²) in [5.74, 6) is -1.13. The second kappa shape index (κ2) is 6.46. The van der Waals surface area contributed by atoms with Crippen molar-refractivity contribution in [2.75, 3.05) is 10.6 Å². The van der Waals surface area contributed by atoms with Crippen LogP contribution in [-0.2, 0) is 0 Å². The maximum atomic E-state index is 12.1. The second-order valence-corrected chi connectivity index (χ2v) is 5.66. The second-order valence-electron chi connectivity index (χ2n) is 4.17. The van der Waals surface area contributed by atoms with E-state index < -0.39 is 11.9 Å². The minimum absolute atomic E-state index is 0.0650. The number of carbonyl (C=O) groups is 3. The fourth-order valence-electron chi connectivity index (χ4n) is 1.63. The Balaban J connectivity index is 2.22. The fourth-order valence-corrected chi connectivity index (χ4v) is 2.71. The Kier molecular flexibility index (Phi) is 4.64. The topological polar surface area (TPSA) is 127 Å². The molecule has 0 aliphatic rings. The van der Waals surface area contributed by atoms with Crippen LogP contribution in [0.4, 0.5) is 14.8 Å². The van der Waals surface area contributed by atoms with Crippen molar-refractivity contribution in [2.45, 2.75) is 0 Å². The highest BCUT2D eigenvalue weighted by Gasteiger charge is 2.16. The van der Waals surface area contributed by atoms with Crippen LogP contribution in [0.1, 0.15) is 20.7 Å². The first-order chi connectivity index (χ1) is 10.4. The lowest BCUT2D eigenvalue weighted by molar-refractivity contribution is 0.0997. The molecule has 0 spiro atoms. The van der Waals surface area contributed by atoms with E-state index in [4.69, 9.17) is 23.1 Å². The van der Waals surface area contributed by atoms with Crippen molar-refractivity contribution in [3.63, 3.8) is 0 Å². The normalized spacial score (nSPS) is 10.0. The van der Waals surface area contributed by atoms with Gasteiger partial charge in [-0.3, -0.25) is 14.9 Å². The summed E-state index contributed by atoms with van der Waals surface area (Å²) in [5.41, 5.74) is 10.7. The van der Waals surface area contributed by atoms with E-state index in [0.29, 0.717) is 15.6 Å². The molecule has 0 saturated heterocycles. The van der Waals surface area contributed by atoms with Gasteiger partial charge in [0.05, 0.1) is 10.6 Å². The van der Waals surface area contributed by atoms with Gasteiger partial charge in [0.1, 0.15) is 5.00 Å². The number of thiophene rings is 1. The van der Waals surface area contributed by atoms with E-state index in [1.54, 1.807) is 24.3 Å². The zero-order chi connectivity index (χ0) is 16.3. The molecule has 0 aliphatic heterocycles. The van der Waals surface area contributed by atoms with E-state index >= 15 is 0 Å². The van der Waals surface area contributed by atoms with Gasteiger partial charge >= 0.3 is 6.03 Å². The molecule has 7 nitrogen and oxygen atoms in total. The molecular formula is C13H11ClN4O3S. The van der Waals surface area contributed by atoms with Gasteiger partial charge in [0.25, 0.3) is 11.8 Å². The van der Waals surface area contributed by atoms with Crippen LogP contribution in [0.2, 0.25) is 5.02 Å². The van der Waals surface area contributed by atoms with Crippen molar-refractivity contribution < 1.29 is 14.4 Å². The van der Waals surface area contributed by atoms with E-state index in [0.717, 1.165) is 11.3 Å². The molecule has 2 aromatic rings. The molecule has 1 heterocycles. The smallest absolute Gasteiger partial charge is 0.317 e. The number of anilines is 2. The van der Waals surface area contributed by atoms with E-state index in [1.165, 1.54) is 6.07 Å². The van der Waals surface area contributed by atoms with Crippen molar-refractivity contribution >= 4 is 50.8 Å². The quantitative estimate of drug-likeness (QED) is 0.682. The van der Waals surface area contributed by atoms with Crippen molar-refractivity contribution in [1.82, 2.24) is 0 Å². The Labute approximate surface area is 134 Å². The summed E-state index contributed by atoms with van der Waals surface area (Å²) in [6.45, 7) is 0. The molecule has 0 radical (unpaired) electrons. The van der Waals surface area contributed by atoms with Crippen LogP contribution in [0.5, 0.6) is 0 Å². The molecule has 1 aromatic carbocycles. The van der Waals surface area contributed by atoms with Gasteiger partial charge in [-0.1, -0.05) is 22.9 Å². The van der Waals surface area contributed by atoms with E-state index in [9.17, 15) is 14.4 Å². The Morgan fingerprint density at radius 3 is 2.23 bits per heavy atom. The third-order valence-corrected chi connectivity index (χ3v) is 3.80. The average Bonchev–Trinajstić information content (AvgIpc) is 2.81. The summed E-state index contributed by atoms with van der Waals surface area (Å²) >= 11 is 6.72. The molecule has 2 rings (SSSR count). The lowest BCUT2D eigenvalue weighted by Crippen LogP contribution is -2.21. The molecule has 4 amide bonds. The van der Waals surface area contributed by atoms with Crippen LogP contribution in [0.15, 0.2) is 30.3 Å². The van der Waals surface area contributed by atoms with Crippen LogP contribution in [0.25, 0.3) is 0 Å². The SMILES string of the molecule is NC(=O)Nc1sc(NC(=O)c2ccc(Cl)cc2)cc1C(N)=O. The van der Waals surface area contributed by atoms with Crippen LogP contribution < -0.4 is 22.1 Å². The predicted molar refractivity (Wildman–Crippen MR) is 85.4 cm³/mol. The maximum absolute atomic E-state index is 12.1. The molecule has 1 aromatic heterocycles. The van der Waals surface area contributed by atoms with Gasteiger partial charge < -0.3 is 16.8 Å². The summed E-state index contributed by atoms with van der Waals surface area (Å²) in [7, 11) is 0. The third-order valence-electron chi connectivity index (χ3n) is 2.58. The number of rotatable bonds is 4. The van der Waals surface area contributed by atoms with Crippen LogP contribution in [-0.4, -0.2) is 17.8 Å². The molecule has 22 heavy (non-hydrogen) atoms. The first kappa shape index (κ1) is 15.8. The van der Waals surface area contributed by atoms with E-state index in [1.807, 2.05) is 0 Å². The highest BCUT2D eigenvalue weighted by molar-refractivity contribution is 7.20. The Morgan fingerprint density at radius 2 is 1.68 bits per heavy atom. The van der Waals surface area contributed by atoms with Gasteiger partial charge in [-0.25, -0.2) is 4.79 Å². The summed E-state index contributed by atoms with van der Waals surface area (Å²) in [5, 5.41) is 5.91. The number of halogens is 1. The summed E-state index contributed by atoms with van der Waals surface area (Å²) in [4.78, 5) is 34.3. The molecule has 0 aliphatic carbocycles. The summed E-state index contributed by atoms with van der Waals surface area (Å²) < 4.78 is 0. The molecule has 114 valence electrons. The average molecular weight is 339 g/mol. The number of amides is 4. The molecule has 0 saturated carbocycles. The highest BCUT2D eigenvalue weighted by Crippen LogP contribution is 2.32. The zero-order valence-corrected chi connectivity index (χ0v) is 12.6. The molecule has 0 bridgehead atoms. The summed E-state index contributed by atoms with van der Waals surface area (Å²) in [6.07, 6.45) is 0. The van der Waals surface area contributed by atoms with Crippen molar-refractivity contribution in [2.24, 2.45) is 11.5 Å². The van der Waals surface area contributed by atoms with Crippen molar-refractivity contribution in [1.29, 1.82) is 0 Å². The number of carbonyl (C=O) groups excluding carboxylic acids is 3. The van der Waals surface area contributed by atoms with Crippen molar-refractivity contribution in [3.05, 3.63) is 46.5 Å². The number of hydrogen-bond acceptors (Lipinski definition) is 4. The first-order valence-electron chi connectivity index (χ1n) is 5.94. The number of nitrogens with two attached hydrogens (primary N) is 2. The lowest BCUT2D eigenvalue weighted by atomic mass is 10.2. The standard InChI is InChI=1S/C13H11ClN4O3S/c14-7-3-1-6(2-4-7)11(20)17-9-5-8(10(15)19)12(22-9)18-13(16)21/h1-5H,(H2,15,19)(H,17,20)(H3,16,18,21). The largest absolute Gasteiger partial charge is 0.366 e. The van der Waals surface area contributed by atoms with Crippen molar-refractivity contribution in [3.8, 4) is 0 Å². The van der Waals surface area contributed by atoms with Crippen LogP contribution in [0, 0.1) is 0 Å². The van der Waals surface area contributed by atoms with Gasteiger partial charge in [0.2, 0.25) is 0 Å². The van der Waals surface area contributed by atoms with Gasteiger partial charge in [-0.2, -0.15) is 0 Å². The van der Waals surface area contributed by atoms with E-state index in [2.05, 4.69) is 10.6 Å². The number of hydrogen-bond donors (Lipinski definition) is 4. The molecule has 0 fully saturated rings. The van der Waals surface area contributed by atoms with Gasteiger partial charge in [0, 0.05) is 10.6 Å². The summed E-state index contributed by atoms with van der Waals surface area (Å²) in [6, 6.07) is 6.82. The predicted octanol–water partition coefficient (Wildman–Crippen LogP) is 2.24. The minimum Gasteiger partial charge on any atom is -0.366 e. The number of nitrogens with one attached hydrogen (secondary N) is 2. The molecule has 0 unspecified atom stereocenters. The Hall–Kier alpha value is -2.58. The highest BCUT2D eigenvalue weighted by atomic mass is 35.5. The lowest BCUT2D eigenvalue weighted by Gasteiger charge is -2.02. The maximum Gasteiger partial charge on any atom is 0.317 e. The van der Waals surface area contributed by atoms with Crippen LogP contribution in [0.3, 0.4) is 0 Å².